The van der Waals surface area contributed by atoms with Crippen molar-refractivity contribution in [2.45, 2.75) is 17.1 Å². The first-order valence-electron chi connectivity index (χ1n) is 12.3. The maximum absolute atomic E-state index is 13.5. The van der Waals surface area contributed by atoms with E-state index in [0.717, 1.165) is 12.1 Å². The molecule has 208 valence electrons. The summed E-state index contributed by atoms with van der Waals surface area (Å²) in [5.41, 5.74) is 0.866. The van der Waals surface area contributed by atoms with Crippen LogP contribution in [-0.4, -0.2) is 56.3 Å². The highest BCUT2D eigenvalue weighted by Gasteiger charge is 2.38. The van der Waals surface area contributed by atoms with Gasteiger partial charge in [-0.1, -0.05) is 6.07 Å². The summed E-state index contributed by atoms with van der Waals surface area (Å²) in [6.07, 6.45) is -3.06. The van der Waals surface area contributed by atoms with E-state index in [0.29, 0.717) is 34.6 Å². The van der Waals surface area contributed by atoms with E-state index < -0.39 is 27.8 Å². The standard InChI is InChI=1S/C28H25F3N4O4S/c1-39-21-7-9-22(10-8-21)40(37,38)35-15-14-32-17-26(35)27(36)18-2-5-20(6-3-18)34-24-12-13-33-25-16-19(28(29,30)31)4-11-23(24)25/h2-13,16,26,32H,14-15,17H2,1H3,(H,33,34). The number of fused-ring (bicyclic) bond motifs is 1. The topological polar surface area (TPSA) is 101 Å². The smallest absolute Gasteiger partial charge is 0.416 e. The number of rotatable bonds is 7. The molecular weight excluding hydrogens is 545 g/mol. The van der Waals surface area contributed by atoms with Crippen molar-refractivity contribution in [2.75, 3.05) is 32.1 Å². The summed E-state index contributed by atoms with van der Waals surface area (Å²) in [5.74, 6) is 0.163. The number of nitrogens with one attached hydrogen (secondary N) is 2. The van der Waals surface area contributed by atoms with Crippen LogP contribution in [0.3, 0.4) is 0 Å². The molecule has 1 atom stereocenters. The second-order valence-electron chi connectivity index (χ2n) is 9.17. The maximum atomic E-state index is 13.5. The van der Waals surface area contributed by atoms with Crippen molar-refractivity contribution in [1.82, 2.24) is 14.6 Å². The van der Waals surface area contributed by atoms with E-state index in [1.54, 1.807) is 42.5 Å². The first-order valence-corrected chi connectivity index (χ1v) is 13.8. The maximum Gasteiger partial charge on any atom is 0.416 e. The van der Waals surface area contributed by atoms with Gasteiger partial charge in [-0.15, -0.1) is 0 Å². The molecule has 4 aromatic rings. The van der Waals surface area contributed by atoms with Gasteiger partial charge in [-0.2, -0.15) is 17.5 Å². The Morgan fingerprint density at radius 3 is 2.45 bits per heavy atom. The van der Waals surface area contributed by atoms with E-state index in [1.807, 2.05) is 0 Å². The van der Waals surface area contributed by atoms with E-state index in [1.165, 1.54) is 35.8 Å². The Balaban J connectivity index is 1.36. The number of sulfonamides is 1. The van der Waals surface area contributed by atoms with Crippen LogP contribution < -0.4 is 15.4 Å². The highest BCUT2D eigenvalue weighted by Crippen LogP contribution is 2.33. The molecule has 1 fully saturated rings. The number of hydrogen-bond donors (Lipinski definition) is 2. The zero-order valence-electron chi connectivity index (χ0n) is 21.3. The zero-order chi connectivity index (χ0) is 28.5. The molecule has 0 spiro atoms. The lowest BCUT2D eigenvalue weighted by Gasteiger charge is -2.34. The zero-order valence-corrected chi connectivity index (χ0v) is 22.1. The van der Waals surface area contributed by atoms with E-state index in [9.17, 15) is 26.4 Å². The van der Waals surface area contributed by atoms with Gasteiger partial charge in [0.2, 0.25) is 10.0 Å². The Morgan fingerprint density at radius 1 is 1.05 bits per heavy atom. The predicted molar refractivity (Wildman–Crippen MR) is 144 cm³/mol. The van der Waals surface area contributed by atoms with Gasteiger partial charge in [0.1, 0.15) is 11.8 Å². The number of anilines is 2. The van der Waals surface area contributed by atoms with Crippen molar-refractivity contribution >= 4 is 38.1 Å². The highest BCUT2D eigenvalue weighted by molar-refractivity contribution is 7.89. The molecule has 0 aliphatic carbocycles. The van der Waals surface area contributed by atoms with Crippen LogP contribution in [0.5, 0.6) is 5.75 Å². The lowest BCUT2D eigenvalue weighted by molar-refractivity contribution is -0.137. The van der Waals surface area contributed by atoms with Crippen molar-refractivity contribution in [3.8, 4) is 5.75 Å². The molecule has 0 amide bonds. The number of benzene rings is 3. The molecule has 12 heteroatoms. The van der Waals surface area contributed by atoms with Gasteiger partial charge < -0.3 is 15.4 Å². The Bertz CT molecular complexity index is 1640. The number of carbonyl (C=O) groups excluding carboxylic acids is 1. The molecule has 1 aliphatic heterocycles. The van der Waals surface area contributed by atoms with Crippen molar-refractivity contribution in [3.63, 3.8) is 0 Å². The minimum absolute atomic E-state index is 0.0690. The molecule has 5 rings (SSSR count). The molecule has 1 aromatic heterocycles. The fourth-order valence-corrected chi connectivity index (χ4v) is 6.17. The number of carbonyl (C=O) groups is 1. The van der Waals surface area contributed by atoms with E-state index in [-0.39, 0.29) is 29.3 Å². The van der Waals surface area contributed by atoms with E-state index >= 15 is 0 Å². The lowest BCUT2D eigenvalue weighted by Crippen LogP contribution is -2.56. The van der Waals surface area contributed by atoms with E-state index in [2.05, 4.69) is 15.6 Å². The molecular formula is C28H25F3N4O4S. The van der Waals surface area contributed by atoms with Crippen molar-refractivity contribution in [1.29, 1.82) is 0 Å². The minimum Gasteiger partial charge on any atom is -0.497 e. The van der Waals surface area contributed by atoms with Crippen LogP contribution in [0.1, 0.15) is 15.9 Å². The van der Waals surface area contributed by atoms with Crippen molar-refractivity contribution in [2.24, 2.45) is 0 Å². The Labute approximate surface area is 228 Å². The summed E-state index contributed by atoms with van der Waals surface area (Å²) in [5, 5.41) is 6.75. The summed E-state index contributed by atoms with van der Waals surface area (Å²) in [6.45, 7) is 0.707. The number of halogens is 3. The van der Waals surface area contributed by atoms with Crippen LogP contribution >= 0.6 is 0 Å². The molecule has 2 N–H and O–H groups in total. The average Bonchev–Trinajstić information content (AvgIpc) is 2.96. The molecule has 40 heavy (non-hydrogen) atoms. The van der Waals surface area contributed by atoms with E-state index in [4.69, 9.17) is 4.74 Å². The molecule has 1 aliphatic rings. The summed E-state index contributed by atoms with van der Waals surface area (Å²) in [7, 11) is -2.46. The van der Waals surface area contributed by atoms with Crippen LogP contribution in [0.25, 0.3) is 10.9 Å². The normalized spacial score (nSPS) is 16.6. The quantitative estimate of drug-likeness (QED) is 0.307. The molecule has 0 saturated carbocycles. The van der Waals surface area contributed by atoms with Crippen LogP contribution in [0.15, 0.2) is 83.9 Å². The second-order valence-corrected chi connectivity index (χ2v) is 11.1. The number of hydrogen-bond acceptors (Lipinski definition) is 7. The Hall–Kier alpha value is -4.00. The summed E-state index contributed by atoms with van der Waals surface area (Å²) >= 11 is 0. The molecule has 1 unspecified atom stereocenters. The van der Waals surface area contributed by atoms with Crippen LogP contribution in [0.4, 0.5) is 24.5 Å². The molecule has 3 aromatic carbocycles. The predicted octanol–water partition coefficient (Wildman–Crippen LogP) is 4.85. The molecule has 1 saturated heterocycles. The number of aromatic nitrogens is 1. The second kappa shape index (κ2) is 10.9. The first kappa shape index (κ1) is 27.6. The van der Waals surface area contributed by atoms with Gasteiger partial charge in [-0.3, -0.25) is 9.78 Å². The number of ketones is 1. The number of piperazine rings is 1. The molecule has 0 radical (unpaired) electrons. The van der Waals surface area contributed by atoms with Gasteiger partial charge in [0.05, 0.1) is 23.1 Å². The van der Waals surface area contributed by atoms with Gasteiger partial charge >= 0.3 is 6.18 Å². The van der Waals surface area contributed by atoms with Gasteiger partial charge in [-0.25, -0.2) is 8.42 Å². The number of Topliss-reactive ketones (excluding diaryl/α,β-unsaturated/α-hetero) is 1. The summed E-state index contributed by atoms with van der Waals surface area (Å²) in [6, 6.07) is 16.5. The van der Waals surface area contributed by atoms with Crippen molar-refractivity contribution < 1.29 is 31.1 Å². The Kier molecular flexibility index (Phi) is 7.49. The van der Waals surface area contributed by atoms with Gasteiger partial charge in [-0.05, 0) is 66.7 Å². The number of nitrogens with zero attached hydrogens (tertiary/aromatic N) is 2. The Morgan fingerprint density at radius 2 is 1.77 bits per heavy atom. The highest BCUT2D eigenvalue weighted by atomic mass is 32.2. The number of methoxy groups -OCH3 is 1. The number of alkyl halides is 3. The van der Waals surface area contributed by atoms with Crippen molar-refractivity contribution in [3.05, 3.63) is 90.1 Å². The molecule has 2 heterocycles. The third-order valence-electron chi connectivity index (χ3n) is 6.68. The monoisotopic (exact) mass is 570 g/mol. The molecule has 0 bridgehead atoms. The van der Waals surface area contributed by atoms with Crippen LogP contribution in [-0.2, 0) is 16.2 Å². The van der Waals surface area contributed by atoms with Crippen LogP contribution in [0.2, 0.25) is 0 Å². The van der Waals surface area contributed by atoms with Crippen LogP contribution in [0, 0.1) is 0 Å². The summed E-state index contributed by atoms with van der Waals surface area (Å²) in [4.78, 5) is 17.6. The number of pyridine rings is 1. The first-order chi connectivity index (χ1) is 19.1. The van der Waals surface area contributed by atoms with Gasteiger partial charge in [0.25, 0.3) is 0 Å². The lowest BCUT2D eigenvalue weighted by atomic mass is 10.0. The molecule has 8 nitrogen and oxygen atoms in total. The minimum atomic E-state index is -4.47. The third kappa shape index (κ3) is 5.51. The number of ether oxygens (including phenoxy) is 1. The van der Waals surface area contributed by atoms with Gasteiger partial charge in [0.15, 0.2) is 5.78 Å². The summed E-state index contributed by atoms with van der Waals surface area (Å²) < 4.78 is 72.4. The fourth-order valence-electron chi connectivity index (χ4n) is 4.58. The van der Waals surface area contributed by atoms with Gasteiger partial charge in [0, 0.05) is 48.2 Å². The SMILES string of the molecule is COc1ccc(S(=O)(=O)N2CCNCC2C(=O)c2ccc(Nc3ccnc4cc(C(F)(F)F)ccc34)cc2)cc1. The average molecular weight is 571 g/mol. The fraction of sp³-hybridized carbons (Fsp3) is 0.214. The largest absolute Gasteiger partial charge is 0.497 e. The third-order valence-corrected chi connectivity index (χ3v) is 8.60.